The molecule has 3 rings (SSSR count). The van der Waals surface area contributed by atoms with Gasteiger partial charge in [0.15, 0.2) is 0 Å². The smallest absolute Gasteiger partial charge is 0.302 e. The van der Waals surface area contributed by atoms with Crippen LogP contribution in [0.25, 0.3) is 0 Å². The molecule has 1 fully saturated rings. The van der Waals surface area contributed by atoms with Gasteiger partial charge in [-0.1, -0.05) is 20.8 Å². The Kier molecular flexibility index (Phi) is 5.89. The zero-order valence-corrected chi connectivity index (χ0v) is 16.5. The molecule has 1 aliphatic rings. The highest BCUT2D eigenvalue weighted by atomic mass is 16.1. The Morgan fingerprint density at radius 3 is 2.44 bits per heavy atom. The number of likely N-dealkylation sites (tertiary alicyclic amines) is 1. The zero-order chi connectivity index (χ0) is 19.4. The van der Waals surface area contributed by atoms with Crippen LogP contribution >= 0.6 is 0 Å². The number of hydrogen-bond acceptors (Lipinski definition) is 5. The zero-order valence-electron chi connectivity index (χ0n) is 16.5. The van der Waals surface area contributed by atoms with Crippen molar-refractivity contribution in [3.63, 3.8) is 0 Å². The molecule has 0 bridgehead atoms. The second-order valence-electron chi connectivity index (χ2n) is 8.40. The highest BCUT2D eigenvalue weighted by Gasteiger charge is 2.21. The molecule has 0 radical (unpaired) electrons. The lowest BCUT2D eigenvalue weighted by Crippen LogP contribution is -2.39. The van der Waals surface area contributed by atoms with E-state index in [9.17, 15) is 9.59 Å². The normalized spacial score (nSPS) is 16.6. The van der Waals surface area contributed by atoms with Gasteiger partial charge in [-0.05, 0) is 37.9 Å². The van der Waals surface area contributed by atoms with Crippen LogP contribution in [0.15, 0.2) is 40.4 Å². The van der Waals surface area contributed by atoms with Crippen molar-refractivity contribution in [2.75, 3.05) is 19.6 Å². The molecule has 2 aromatic rings. The van der Waals surface area contributed by atoms with Crippen LogP contribution in [0.1, 0.15) is 39.3 Å². The van der Waals surface area contributed by atoms with Gasteiger partial charge < -0.3 is 4.90 Å². The first-order chi connectivity index (χ1) is 12.8. The van der Waals surface area contributed by atoms with E-state index in [0.29, 0.717) is 12.5 Å². The SMILES string of the molecule is CC(C)(C)c1cc(=O)n(CC2CCN(CCn3cccnc3=O)CC2)cn1. The highest BCUT2D eigenvalue weighted by Crippen LogP contribution is 2.20. The van der Waals surface area contributed by atoms with E-state index in [0.717, 1.165) is 44.7 Å². The molecular weight excluding hydrogens is 342 g/mol. The van der Waals surface area contributed by atoms with Crippen molar-refractivity contribution in [2.24, 2.45) is 5.92 Å². The first-order valence-electron chi connectivity index (χ1n) is 9.64. The van der Waals surface area contributed by atoms with E-state index in [1.807, 2.05) is 0 Å². The first kappa shape index (κ1) is 19.5. The fraction of sp³-hybridized carbons (Fsp3) is 0.600. The van der Waals surface area contributed by atoms with E-state index in [2.05, 4.69) is 35.6 Å². The van der Waals surface area contributed by atoms with E-state index in [-0.39, 0.29) is 16.7 Å². The fourth-order valence-corrected chi connectivity index (χ4v) is 3.45. The van der Waals surface area contributed by atoms with E-state index in [1.165, 1.54) is 6.20 Å². The summed E-state index contributed by atoms with van der Waals surface area (Å²) in [4.78, 5) is 34.7. The number of aromatic nitrogens is 4. The molecular formula is C20H29N5O2. The molecule has 7 nitrogen and oxygen atoms in total. The Labute approximate surface area is 159 Å². The van der Waals surface area contributed by atoms with Gasteiger partial charge in [0.25, 0.3) is 5.56 Å². The van der Waals surface area contributed by atoms with E-state index >= 15 is 0 Å². The summed E-state index contributed by atoms with van der Waals surface area (Å²) in [6, 6.07) is 3.45. The van der Waals surface area contributed by atoms with Crippen molar-refractivity contribution in [2.45, 2.75) is 52.1 Å². The summed E-state index contributed by atoms with van der Waals surface area (Å²) in [6.07, 6.45) is 7.10. The van der Waals surface area contributed by atoms with Crippen molar-refractivity contribution >= 4 is 0 Å². The van der Waals surface area contributed by atoms with Gasteiger partial charge in [-0.15, -0.1) is 0 Å². The van der Waals surface area contributed by atoms with Crippen LogP contribution in [0.4, 0.5) is 0 Å². The Morgan fingerprint density at radius 2 is 1.81 bits per heavy atom. The molecule has 0 aliphatic carbocycles. The monoisotopic (exact) mass is 371 g/mol. The van der Waals surface area contributed by atoms with Crippen molar-refractivity contribution in [3.05, 3.63) is 57.4 Å². The summed E-state index contributed by atoms with van der Waals surface area (Å²) in [5.41, 5.74) is 0.565. The van der Waals surface area contributed by atoms with Gasteiger partial charge in [0, 0.05) is 43.5 Å². The van der Waals surface area contributed by atoms with Crippen LogP contribution in [0.2, 0.25) is 0 Å². The van der Waals surface area contributed by atoms with Crippen molar-refractivity contribution in [1.82, 2.24) is 24.0 Å². The predicted octanol–water partition coefficient (Wildman–Crippen LogP) is 1.51. The molecule has 0 aromatic carbocycles. The molecule has 1 aliphatic heterocycles. The molecule has 0 saturated carbocycles. The Bertz CT molecular complexity index is 873. The second kappa shape index (κ2) is 8.17. The molecule has 0 atom stereocenters. The van der Waals surface area contributed by atoms with Crippen molar-refractivity contribution < 1.29 is 0 Å². The first-order valence-corrected chi connectivity index (χ1v) is 9.64. The second-order valence-corrected chi connectivity index (χ2v) is 8.40. The third-order valence-electron chi connectivity index (χ3n) is 5.25. The van der Waals surface area contributed by atoms with Crippen molar-refractivity contribution in [1.29, 1.82) is 0 Å². The van der Waals surface area contributed by atoms with Crippen LogP contribution in [0.3, 0.4) is 0 Å². The molecule has 0 N–H and O–H groups in total. The number of hydrogen-bond donors (Lipinski definition) is 0. The van der Waals surface area contributed by atoms with E-state index in [4.69, 9.17) is 0 Å². The third kappa shape index (κ3) is 5.13. The summed E-state index contributed by atoms with van der Waals surface area (Å²) in [6.45, 7) is 10.4. The largest absolute Gasteiger partial charge is 0.347 e. The Hall–Kier alpha value is -2.28. The molecule has 27 heavy (non-hydrogen) atoms. The minimum absolute atomic E-state index is 0.0355. The number of rotatable bonds is 5. The lowest BCUT2D eigenvalue weighted by Gasteiger charge is -2.32. The minimum Gasteiger partial charge on any atom is -0.302 e. The maximum absolute atomic E-state index is 12.4. The molecule has 0 amide bonds. The topological polar surface area (TPSA) is 73.0 Å². The molecule has 1 saturated heterocycles. The lowest BCUT2D eigenvalue weighted by molar-refractivity contribution is 0.167. The summed E-state index contributed by atoms with van der Waals surface area (Å²) in [5, 5.41) is 0. The van der Waals surface area contributed by atoms with Gasteiger partial charge in [-0.3, -0.25) is 13.9 Å². The highest BCUT2D eigenvalue weighted by molar-refractivity contribution is 5.10. The van der Waals surface area contributed by atoms with E-state index < -0.39 is 0 Å². The molecule has 0 unspecified atom stereocenters. The molecule has 146 valence electrons. The average molecular weight is 371 g/mol. The standard InChI is InChI=1S/C20H29N5O2/c1-20(2,3)17-13-18(26)25(15-22-17)14-16-5-9-23(10-6-16)11-12-24-8-4-7-21-19(24)27/h4,7-8,13,15-16H,5-6,9-12,14H2,1-3H3. The molecule has 0 spiro atoms. The van der Waals surface area contributed by atoms with Crippen LogP contribution in [0.5, 0.6) is 0 Å². The van der Waals surface area contributed by atoms with E-state index in [1.54, 1.807) is 33.8 Å². The van der Waals surface area contributed by atoms with Crippen LogP contribution < -0.4 is 11.2 Å². The Balaban J connectivity index is 1.50. The van der Waals surface area contributed by atoms with Crippen LogP contribution in [-0.4, -0.2) is 43.6 Å². The average Bonchev–Trinajstić information content (AvgIpc) is 2.63. The van der Waals surface area contributed by atoms with Crippen LogP contribution in [-0.2, 0) is 18.5 Å². The Morgan fingerprint density at radius 1 is 1.07 bits per heavy atom. The van der Waals surface area contributed by atoms with Crippen LogP contribution in [0, 0.1) is 5.92 Å². The van der Waals surface area contributed by atoms with Crippen molar-refractivity contribution in [3.8, 4) is 0 Å². The summed E-state index contributed by atoms with van der Waals surface area (Å²) in [7, 11) is 0. The van der Waals surface area contributed by atoms with Gasteiger partial charge in [0.05, 0.1) is 12.0 Å². The van der Waals surface area contributed by atoms with Gasteiger partial charge in [0.1, 0.15) is 0 Å². The lowest BCUT2D eigenvalue weighted by atomic mass is 9.92. The maximum atomic E-state index is 12.4. The summed E-state index contributed by atoms with van der Waals surface area (Å²) < 4.78 is 3.39. The minimum atomic E-state index is -0.196. The molecule has 7 heteroatoms. The van der Waals surface area contributed by atoms with Gasteiger partial charge in [-0.25, -0.2) is 14.8 Å². The van der Waals surface area contributed by atoms with Gasteiger partial charge in [0.2, 0.25) is 0 Å². The predicted molar refractivity (Wildman–Crippen MR) is 105 cm³/mol. The van der Waals surface area contributed by atoms with Gasteiger partial charge >= 0.3 is 5.69 Å². The molecule has 3 heterocycles. The number of nitrogens with zero attached hydrogens (tertiary/aromatic N) is 5. The maximum Gasteiger partial charge on any atom is 0.347 e. The van der Waals surface area contributed by atoms with Gasteiger partial charge in [-0.2, -0.15) is 0 Å². The number of piperidine rings is 1. The third-order valence-corrected chi connectivity index (χ3v) is 5.25. The molecule has 2 aromatic heterocycles. The summed E-state index contributed by atoms with van der Waals surface area (Å²) >= 11 is 0. The fourth-order valence-electron chi connectivity index (χ4n) is 3.45. The quantitative estimate of drug-likeness (QED) is 0.797. The summed E-state index contributed by atoms with van der Waals surface area (Å²) in [5.74, 6) is 0.488.